The van der Waals surface area contributed by atoms with Gasteiger partial charge in [-0.15, -0.1) is 11.3 Å². The Morgan fingerprint density at radius 3 is 2.54 bits per heavy atom. The number of nitrogens with one attached hydrogen (secondary N) is 1. The fraction of sp³-hybridized carbons (Fsp3) is 0.222. The number of aliphatic hydroxyl groups is 1. The van der Waals surface area contributed by atoms with Crippen LogP contribution in [0.15, 0.2) is 60.0 Å². The quantitative estimate of drug-likeness (QED) is 0.303. The summed E-state index contributed by atoms with van der Waals surface area (Å²) in [7, 11) is 0. The number of amides is 2. The van der Waals surface area contributed by atoms with Gasteiger partial charge in [0.25, 0.3) is 5.91 Å². The SMILES string of the molecule is C[C@]1(C(N)=O)COc2c1cc([C@@](O)(CNC(=O)c1ccc3ccsc3c1)C(F)(F)F)nc2-c1ccc(F)cc1. The molecule has 0 spiro atoms. The van der Waals surface area contributed by atoms with Gasteiger partial charge in [0.15, 0.2) is 0 Å². The second-order valence-electron chi connectivity index (χ2n) is 9.44. The van der Waals surface area contributed by atoms with Crippen LogP contribution in [0.3, 0.4) is 0 Å². The maximum atomic E-state index is 14.5. The molecule has 2 aromatic heterocycles. The number of benzene rings is 2. The third-order valence-corrected chi connectivity index (χ3v) is 7.73. The summed E-state index contributed by atoms with van der Waals surface area (Å²) in [6, 6.07) is 12.1. The molecule has 202 valence electrons. The molecule has 1 aliphatic heterocycles. The van der Waals surface area contributed by atoms with Crippen molar-refractivity contribution in [2.75, 3.05) is 13.2 Å². The van der Waals surface area contributed by atoms with Gasteiger partial charge in [0.05, 0.1) is 12.2 Å². The number of aromatic nitrogens is 1. The van der Waals surface area contributed by atoms with E-state index in [0.29, 0.717) is 0 Å². The highest BCUT2D eigenvalue weighted by atomic mass is 32.1. The number of fused-ring (bicyclic) bond motifs is 2. The van der Waals surface area contributed by atoms with E-state index in [2.05, 4.69) is 10.3 Å². The number of nitrogens with two attached hydrogens (primary N) is 1. The molecule has 3 heterocycles. The molecule has 0 bridgehead atoms. The van der Waals surface area contributed by atoms with Crippen LogP contribution in [-0.2, 0) is 15.8 Å². The molecule has 2 amide bonds. The summed E-state index contributed by atoms with van der Waals surface area (Å²) in [6.07, 6.45) is -5.30. The largest absolute Gasteiger partial charge is 0.489 e. The first-order valence-electron chi connectivity index (χ1n) is 11.6. The summed E-state index contributed by atoms with van der Waals surface area (Å²) in [5.74, 6) is -2.30. The van der Waals surface area contributed by atoms with E-state index < -0.39 is 47.1 Å². The molecule has 2 aromatic carbocycles. The van der Waals surface area contributed by atoms with Crippen molar-refractivity contribution in [3.05, 3.63) is 82.6 Å². The van der Waals surface area contributed by atoms with E-state index >= 15 is 0 Å². The summed E-state index contributed by atoms with van der Waals surface area (Å²) < 4.78 is 63.4. The van der Waals surface area contributed by atoms with Gasteiger partial charge in [-0.25, -0.2) is 9.37 Å². The molecule has 7 nitrogen and oxygen atoms in total. The van der Waals surface area contributed by atoms with Gasteiger partial charge in [0.1, 0.15) is 29.3 Å². The van der Waals surface area contributed by atoms with Gasteiger partial charge in [0.2, 0.25) is 11.5 Å². The third-order valence-electron chi connectivity index (χ3n) is 6.85. The third kappa shape index (κ3) is 4.49. The minimum absolute atomic E-state index is 0.00975. The van der Waals surface area contributed by atoms with Crippen molar-refractivity contribution in [2.24, 2.45) is 5.73 Å². The van der Waals surface area contributed by atoms with Crippen LogP contribution in [0.5, 0.6) is 5.75 Å². The van der Waals surface area contributed by atoms with Crippen LogP contribution in [0.25, 0.3) is 21.3 Å². The second kappa shape index (κ2) is 9.31. The Kier molecular flexibility index (Phi) is 6.34. The van der Waals surface area contributed by atoms with Crippen molar-refractivity contribution in [1.29, 1.82) is 0 Å². The van der Waals surface area contributed by atoms with E-state index in [9.17, 15) is 32.3 Å². The standard InChI is InChI=1S/C27H21F4N3O4S/c1-25(24(32)36)13-38-22-18(25)11-20(34-21(22)15-4-6-17(28)7-5-15)26(37,27(29,30)31)12-33-23(35)16-3-2-14-8-9-39-19(14)10-16/h2-11,37H,12-13H2,1H3,(H2,32,36)(H,33,35)/t25-,26-/m0/s1. The fourth-order valence-corrected chi connectivity index (χ4v) is 5.17. The molecule has 0 unspecified atom stereocenters. The Morgan fingerprint density at radius 1 is 1.15 bits per heavy atom. The Balaban J connectivity index is 1.59. The van der Waals surface area contributed by atoms with Gasteiger partial charge in [-0.05, 0) is 66.2 Å². The number of rotatable bonds is 6. The molecule has 5 rings (SSSR count). The lowest BCUT2D eigenvalue weighted by atomic mass is 9.81. The molecular weight excluding hydrogens is 538 g/mol. The van der Waals surface area contributed by atoms with Gasteiger partial charge in [0, 0.05) is 21.4 Å². The minimum Gasteiger partial charge on any atom is -0.489 e. The molecule has 0 saturated carbocycles. The van der Waals surface area contributed by atoms with Gasteiger partial charge in [-0.1, -0.05) is 6.07 Å². The topological polar surface area (TPSA) is 115 Å². The number of pyridine rings is 1. The number of primary amides is 1. The maximum Gasteiger partial charge on any atom is 0.424 e. The fourth-order valence-electron chi connectivity index (χ4n) is 4.34. The van der Waals surface area contributed by atoms with Crippen molar-refractivity contribution < 1.29 is 37.0 Å². The molecule has 0 radical (unpaired) electrons. The number of hydrogen-bond acceptors (Lipinski definition) is 6. The summed E-state index contributed by atoms with van der Waals surface area (Å²) in [5, 5.41) is 15.9. The predicted octanol–water partition coefficient (Wildman–Crippen LogP) is 4.42. The van der Waals surface area contributed by atoms with Crippen LogP contribution < -0.4 is 15.8 Å². The van der Waals surface area contributed by atoms with Crippen LogP contribution in [0, 0.1) is 5.82 Å². The Bertz CT molecular complexity index is 1610. The van der Waals surface area contributed by atoms with E-state index in [1.165, 1.54) is 42.5 Å². The van der Waals surface area contributed by atoms with Crippen LogP contribution >= 0.6 is 11.3 Å². The van der Waals surface area contributed by atoms with Crippen LogP contribution in [0.4, 0.5) is 17.6 Å². The highest BCUT2D eigenvalue weighted by molar-refractivity contribution is 7.17. The number of carbonyl (C=O) groups is 2. The molecule has 1 aliphatic rings. The lowest BCUT2D eigenvalue weighted by molar-refractivity contribution is -0.265. The first kappa shape index (κ1) is 26.6. The van der Waals surface area contributed by atoms with Crippen molar-refractivity contribution in [3.63, 3.8) is 0 Å². The first-order chi connectivity index (χ1) is 18.3. The Hall–Kier alpha value is -4.03. The summed E-state index contributed by atoms with van der Waals surface area (Å²) >= 11 is 1.36. The Labute approximate surface area is 223 Å². The highest BCUT2D eigenvalue weighted by Gasteiger charge is 2.57. The lowest BCUT2D eigenvalue weighted by Gasteiger charge is -2.31. The van der Waals surface area contributed by atoms with Crippen LogP contribution in [-0.4, -0.2) is 41.2 Å². The van der Waals surface area contributed by atoms with Crippen molar-refractivity contribution in [3.8, 4) is 17.0 Å². The molecule has 2 atom stereocenters. The molecule has 39 heavy (non-hydrogen) atoms. The highest BCUT2D eigenvalue weighted by Crippen LogP contribution is 2.47. The van der Waals surface area contributed by atoms with Crippen molar-refractivity contribution in [2.45, 2.75) is 24.1 Å². The van der Waals surface area contributed by atoms with E-state index in [1.54, 1.807) is 6.07 Å². The van der Waals surface area contributed by atoms with Gasteiger partial charge in [-0.3, -0.25) is 9.59 Å². The van der Waals surface area contributed by atoms with Crippen LogP contribution in [0.1, 0.15) is 28.5 Å². The summed E-state index contributed by atoms with van der Waals surface area (Å²) in [4.78, 5) is 29.2. The molecule has 4 aromatic rings. The summed E-state index contributed by atoms with van der Waals surface area (Å²) in [6.45, 7) is -0.154. The second-order valence-corrected chi connectivity index (χ2v) is 10.4. The van der Waals surface area contributed by atoms with E-state index in [1.807, 2.05) is 11.4 Å². The number of halogens is 4. The average molecular weight is 560 g/mol. The molecule has 4 N–H and O–H groups in total. The zero-order valence-electron chi connectivity index (χ0n) is 20.3. The summed E-state index contributed by atoms with van der Waals surface area (Å²) in [5.41, 5.74) is -0.399. The smallest absolute Gasteiger partial charge is 0.424 e. The van der Waals surface area contributed by atoms with E-state index in [0.717, 1.165) is 28.3 Å². The number of carbonyl (C=O) groups excluding carboxylic acids is 2. The molecule has 0 fully saturated rings. The van der Waals surface area contributed by atoms with E-state index in [4.69, 9.17) is 10.5 Å². The van der Waals surface area contributed by atoms with Crippen LogP contribution in [0.2, 0.25) is 0 Å². The first-order valence-corrected chi connectivity index (χ1v) is 12.5. The molecular formula is C27H21F4N3O4S. The Morgan fingerprint density at radius 2 is 1.87 bits per heavy atom. The number of nitrogens with zero attached hydrogens (tertiary/aromatic N) is 1. The monoisotopic (exact) mass is 559 g/mol. The zero-order valence-corrected chi connectivity index (χ0v) is 21.1. The van der Waals surface area contributed by atoms with Gasteiger partial charge < -0.3 is 20.9 Å². The maximum absolute atomic E-state index is 14.5. The molecule has 0 saturated heterocycles. The normalized spacial score (nSPS) is 18.3. The van der Waals surface area contributed by atoms with Crippen molar-refractivity contribution in [1.82, 2.24) is 10.3 Å². The predicted molar refractivity (Wildman–Crippen MR) is 136 cm³/mol. The van der Waals surface area contributed by atoms with Gasteiger partial charge in [-0.2, -0.15) is 13.2 Å². The lowest BCUT2D eigenvalue weighted by Crippen LogP contribution is -2.51. The zero-order chi connectivity index (χ0) is 28.2. The van der Waals surface area contributed by atoms with Gasteiger partial charge >= 0.3 is 6.18 Å². The number of hydrogen-bond donors (Lipinski definition) is 3. The average Bonchev–Trinajstić information content (AvgIpc) is 3.51. The molecule has 0 aliphatic carbocycles. The van der Waals surface area contributed by atoms with E-state index in [-0.39, 0.29) is 34.7 Å². The number of thiophene rings is 1. The minimum atomic E-state index is -5.30. The van der Waals surface area contributed by atoms with Crippen molar-refractivity contribution >= 4 is 33.2 Å². The molecule has 12 heteroatoms. The number of alkyl halides is 3. The number of ether oxygens (including phenoxy) is 1.